The van der Waals surface area contributed by atoms with Crippen molar-refractivity contribution in [3.05, 3.63) is 76.8 Å². The summed E-state index contributed by atoms with van der Waals surface area (Å²) in [4.78, 5) is 41.0. The number of piperidine rings is 1. The molecule has 6 nitrogen and oxygen atoms in total. The summed E-state index contributed by atoms with van der Waals surface area (Å²) in [5.74, 6) is -0.321. The predicted octanol–water partition coefficient (Wildman–Crippen LogP) is 3.47. The Morgan fingerprint density at radius 3 is 2.37 bits per heavy atom. The largest absolute Gasteiger partial charge is 0.339 e. The molecule has 0 atom stereocenters. The van der Waals surface area contributed by atoms with Crippen LogP contribution < -0.4 is 5.32 Å². The standard InChI is InChI=1S/C23H22ClN3O3/c24-19-9-6-17(7-10-19)8-11-20(28)26-14-12-23(13-15-26)21(29)27(22(30)25-23)16-18-4-2-1-3-5-18/h1-11H,12-16H2,(H,25,30)/b11-8+. The molecule has 2 aromatic carbocycles. The smallest absolute Gasteiger partial charge is 0.325 e. The molecular weight excluding hydrogens is 402 g/mol. The van der Waals surface area contributed by atoms with Crippen LogP contribution in [0.25, 0.3) is 6.08 Å². The van der Waals surface area contributed by atoms with Crippen molar-refractivity contribution in [3.63, 3.8) is 0 Å². The van der Waals surface area contributed by atoms with Gasteiger partial charge in [0.15, 0.2) is 0 Å². The number of nitrogens with zero attached hydrogens (tertiary/aromatic N) is 2. The van der Waals surface area contributed by atoms with Crippen molar-refractivity contribution in [3.8, 4) is 0 Å². The van der Waals surface area contributed by atoms with Crippen molar-refractivity contribution in [2.24, 2.45) is 0 Å². The van der Waals surface area contributed by atoms with Gasteiger partial charge >= 0.3 is 6.03 Å². The number of imide groups is 1. The average Bonchev–Trinajstić information content (AvgIpc) is 2.98. The lowest BCUT2D eigenvalue weighted by atomic mass is 9.87. The minimum absolute atomic E-state index is 0.113. The Morgan fingerprint density at radius 2 is 1.70 bits per heavy atom. The molecule has 1 spiro atoms. The fourth-order valence-electron chi connectivity index (χ4n) is 3.88. The number of benzene rings is 2. The zero-order chi connectivity index (χ0) is 21.1. The lowest BCUT2D eigenvalue weighted by Gasteiger charge is -2.36. The van der Waals surface area contributed by atoms with E-state index in [0.29, 0.717) is 31.0 Å². The van der Waals surface area contributed by atoms with Crippen LogP contribution in [0.1, 0.15) is 24.0 Å². The number of hydrogen-bond donors (Lipinski definition) is 1. The van der Waals surface area contributed by atoms with E-state index < -0.39 is 5.54 Å². The fraction of sp³-hybridized carbons (Fsp3) is 0.261. The van der Waals surface area contributed by atoms with Gasteiger partial charge in [-0.25, -0.2) is 4.79 Å². The van der Waals surface area contributed by atoms with Crippen LogP contribution in [0, 0.1) is 0 Å². The van der Waals surface area contributed by atoms with Gasteiger partial charge in [0, 0.05) is 24.2 Å². The van der Waals surface area contributed by atoms with Crippen LogP contribution in [-0.2, 0) is 16.1 Å². The van der Waals surface area contributed by atoms with Crippen LogP contribution in [0.15, 0.2) is 60.7 Å². The first-order valence-corrected chi connectivity index (χ1v) is 10.3. The Balaban J connectivity index is 1.37. The van der Waals surface area contributed by atoms with E-state index >= 15 is 0 Å². The molecule has 30 heavy (non-hydrogen) atoms. The highest BCUT2D eigenvalue weighted by molar-refractivity contribution is 6.30. The normalized spacial score (nSPS) is 18.3. The molecule has 0 bridgehead atoms. The second-order valence-electron chi connectivity index (χ2n) is 7.60. The third-order valence-electron chi connectivity index (χ3n) is 5.65. The first-order chi connectivity index (χ1) is 14.5. The molecule has 7 heteroatoms. The number of carbonyl (C=O) groups is 3. The van der Waals surface area contributed by atoms with Crippen LogP contribution in [0.4, 0.5) is 4.79 Å². The molecule has 0 aliphatic carbocycles. The second-order valence-corrected chi connectivity index (χ2v) is 8.04. The summed E-state index contributed by atoms with van der Waals surface area (Å²) in [7, 11) is 0. The maximum absolute atomic E-state index is 13.0. The molecule has 0 unspecified atom stereocenters. The van der Waals surface area contributed by atoms with Gasteiger partial charge < -0.3 is 10.2 Å². The lowest BCUT2D eigenvalue weighted by Crippen LogP contribution is -2.55. The molecule has 4 amide bonds. The molecule has 2 fully saturated rings. The van der Waals surface area contributed by atoms with E-state index in [4.69, 9.17) is 11.6 Å². The number of hydrogen-bond acceptors (Lipinski definition) is 3. The molecule has 2 saturated heterocycles. The Bertz CT molecular complexity index is 981. The zero-order valence-electron chi connectivity index (χ0n) is 16.4. The minimum Gasteiger partial charge on any atom is -0.339 e. The van der Waals surface area contributed by atoms with Crippen LogP contribution in [-0.4, -0.2) is 46.3 Å². The van der Waals surface area contributed by atoms with Gasteiger partial charge in [-0.2, -0.15) is 0 Å². The van der Waals surface area contributed by atoms with Crippen LogP contribution >= 0.6 is 11.6 Å². The van der Waals surface area contributed by atoms with Crippen molar-refractivity contribution in [2.45, 2.75) is 24.9 Å². The Kier molecular flexibility index (Phi) is 5.59. The summed E-state index contributed by atoms with van der Waals surface area (Å²) in [6, 6.07) is 16.3. The van der Waals surface area contributed by atoms with Crippen LogP contribution in [0.5, 0.6) is 0 Å². The third kappa shape index (κ3) is 4.09. The molecule has 2 aromatic rings. The Labute approximate surface area is 180 Å². The van der Waals surface area contributed by atoms with Crippen LogP contribution in [0.2, 0.25) is 5.02 Å². The number of amides is 4. The highest BCUT2D eigenvalue weighted by Gasteiger charge is 2.52. The van der Waals surface area contributed by atoms with Gasteiger partial charge in [-0.05, 0) is 42.2 Å². The van der Waals surface area contributed by atoms with E-state index in [-0.39, 0.29) is 24.4 Å². The van der Waals surface area contributed by atoms with Crippen molar-refractivity contribution < 1.29 is 14.4 Å². The quantitative estimate of drug-likeness (QED) is 0.604. The van der Waals surface area contributed by atoms with E-state index in [1.165, 1.54) is 11.0 Å². The van der Waals surface area contributed by atoms with Gasteiger partial charge in [0.05, 0.1) is 6.54 Å². The van der Waals surface area contributed by atoms with E-state index in [1.807, 2.05) is 42.5 Å². The first-order valence-electron chi connectivity index (χ1n) is 9.87. The number of halogens is 1. The van der Waals surface area contributed by atoms with Gasteiger partial charge in [0.25, 0.3) is 5.91 Å². The van der Waals surface area contributed by atoms with Gasteiger partial charge in [-0.1, -0.05) is 54.1 Å². The zero-order valence-corrected chi connectivity index (χ0v) is 17.1. The fourth-order valence-corrected chi connectivity index (χ4v) is 4.01. The average molecular weight is 424 g/mol. The van der Waals surface area contributed by atoms with E-state index in [2.05, 4.69) is 5.32 Å². The van der Waals surface area contributed by atoms with E-state index in [0.717, 1.165) is 11.1 Å². The molecule has 4 rings (SSSR count). The number of rotatable bonds is 4. The third-order valence-corrected chi connectivity index (χ3v) is 5.90. The summed E-state index contributed by atoms with van der Waals surface area (Å²) in [5.41, 5.74) is 0.872. The van der Waals surface area contributed by atoms with Gasteiger partial charge in [0.2, 0.25) is 5.91 Å². The van der Waals surface area contributed by atoms with E-state index in [1.54, 1.807) is 23.1 Å². The van der Waals surface area contributed by atoms with Crippen molar-refractivity contribution in [1.82, 2.24) is 15.1 Å². The van der Waals surface area contributed by atoms with Crippen molar-refractivity contribution in [2.75, 3.05) is 13.1 Å². The number of carbonyl (C=O) groups excluding carboxylic acids is 3. The highest BCUT2D eigenvalue weighted by atomic mass is 35.5. The summed E-state index contributed by atoms with van der Waals surface area (Å²) in [6.45, 7) is 1.07. The molecule has 0 aromatic heterocycles. The SMILES string of the molecule is O=C(/C=C/c1ccc(Cl)cc1)N1CCC2(CC1)NC(=O)N(Cc1ccccc1)C2=O. The summed E-state index contributed by atoms with van der Waals surface area (Å²) in [5, 5.41) is 3.52. The van der Waals surface area contributed by atoms with Crippen molar-refractivity contribution >= 4 is 35.5 Å². The topological polar surface area (TPSA) is 69.7 Å². The number of nitrogens with one attached hydrogen (secondary N) is 1. The molecule has 2 aliphatic heterocycles. The second kappa shape index (κ2) is 8.32. The number of urea groups is 1. The summed E-state index contributed by atoms with van der Waals surface area (Å²) in [6.07, 6.45) is 4.08. The van der Waals surface area contributed by atoms with Crippen molar-refractivity contribution in [1.29, 1.82) is 0 Å². The minimum atomic E-state index is -0.914. The Hall–Kier alpha value is -3.12. The maximum atomic E-state index is 13.0. The molecule has 0 radical (unpaired) electrons. The predicted molar refractivity (Wildman–Crippen MR) is 115 cm³/mol. The molecule has 0 saturated carbocycles. The monoisotopic (exact) mass is 423 g/mol. The van der Waals surface area contributed by atoms with Gasteiger partial charge in [-0.3, -0.25) is 14.5 Å². The molecule has 2 heterocycles. The Morgan fingerprint density at radius 1 is 1.03 bits per heavy atom. The summed E-state index contributed by atoms with van der Waals surface area (Å²) < 4.78 is 0. The van der Waals surface area contributed by atoms with Gasteiger partial charge in [-0.15, -0.1) is 0 Å². The molecule has 154 valence electrons. The molecular formula is C23H22ClN3O3. The number of likely N-dealkylation sites (tertiary alicyclic amines) is 1. The molecule has 1 N–H and O–H groups in total. The highest BCUT2D eigenvalue weighted by Crippen LogP contribution is 2.30. The van der Waals surface area contributed by atoms with Gasteiger partial charge in [0.1, 0.15) is 5.54 Å². The summed E-state index contributed by atoms with van der Waals surface area (Å²) >= 11 is 5.87. The first kappa shape index (κ1) is 20.2. The molecule has 2 aliphatic rings. The van der Waals surface area contributed by atoms with E-state index in [9.17, 15) is 14.4 Å². The maximum Gasteiger partial charge on any atom is 0.325 e. The lowest BCUT2D eigenvalue weighted by molar-refractivity contribution is -0.136. The van der Waals surface area contributed by atoms with Crippen LogP contribution in [0.3, 0.4) is 0 Å².